The van der Waals surface area contributed by atoms with Gasteiger partial charge in [-0.25, -0.2) is 20.4 Å². The minimum absolute atomic E-state index is 0.0217. The molecule has 0 spiro atoms. The summed E-state index contributed by atoms with van der Waals surface area (Å²) in [6.45, 7) is -0.326. The predicted octanol–water partition coefficient (Wildman–Crippen LogP) is -4.06. The van der Waals surface area contributed by atoms with E-state index in [0.717, 1.165) is 10.0 Å². The summed E-state index contributed by atoms with van der Waals surface area (Å²) in [6.07, 6.45) is 2.76. The maximum absolute atomic E-state index is 14.1. The van der Waals surface area contributed by atoms with Gasteiger partial charge in [0.15, 0.2) is 11.9 Å². The molecular formula is C48H72N18O10. The first-order valence-electron chi connectivity index (χ1n) is 25.2. The summed E-state index contributed by atoms with van der Waals surface area (Å²) in [5.74, 6) is 0.525. The average Bonchev–Trinajstić information content (AvgIpc) is 4.22. The van der Waals surface area contributed by atoms with Crippen LogP contribution in [0.4, 0.5) is 9.59 Å². The van der Waals surface area contributed by atoms with Crippen molar-refractivity contribution in [3.05, 3.63) is 71.8 Å². The van der Waals surface area contributed by atoms with Gasteiger partial charge in [-0.1, -0.05) is 60.7 Å². The maximum Gasteiger partial charge on any atom is 0.334 e. The van der Waals surface area contributed by atoms with Crippen molar-refractivity contribution >= 4 is 65.3 Å². The lowest BCUT2D eigenvalue weighted by atomic mass is 10.0. The molecule has 76 heavy (non-hydrogen) atoms. The highest BCUT2D eigenvalue weighted by atomic mass is 16.3. The van der Waals surface area contributed by atoms with E-state index in [1.54, 1.807) is 60.7 Å². The van der Waals surface area contributed by atoms with Crippen molar-refractivity contribution in [2.24, 2.45) is 23.0 Å². The zero-order valence-corrected chi connectivity index (χ0v) is 42.3. The number of carbonyl (C=O) groups excluding carboxylic acids is 9. The second-order valence-corrected chi connectivity index (χ2v) is 18.6. The molecule has 3 saturated heterocycles. The van der Waals surface area contributed by atoms with Crippen LogP contribution in [0.1, 0.15) is 62.5 Å². The van der Waals surface area contributed by atoms with Crippen molar-refractivity contribution in [3.63, 3.8) is 0 Å². The summed E-state index contributed by atoms with van der Waals surface area (Å²) < 4.78 is 0. The lowest BCUT2D eigenvalue weighted by molar-refractivity contribution is -0.143. The zero-order chi connectivity index (χ0) is 55.3. The molecule has 5 rings (SSSR count). The van der Waals surface area contributed by atoms with Crippen molar-refractivity contribution in [3.8, 4) is 0 Å². The number of urea groups is 2. The summed E-state index contributed by atoms with van der Waals surface area (Å²) in [5, 5.41) is 42.6. The van der Waals surface area contributed by atoms with Crippen molar-refractivity contribution in [2.75, 3.05) is 59.0 Å². The molecule has 2 aromatic rings. The van der Waals surface area contributed by atoms with Crippen molar-refractivity contribution in [1.82, 2.24) is 62.0 Å². The Labute approximate surface area is 439 Å². The summed E-state index contributed by atoms with van der Waals surface area (Å²) in [4.78, 5) is 127. The number of guanidine groups is 2. The lowest BCUT2D eigenvalue weighted by Crippen LogP contribution is -2.60. The largest absolute Gasteiger partial charge is 0.394 e. The molecule has 3 aliphatic heterocycles. The first kappa shape index (κ1) is 58.6. The van der Waals surface area contributed by atoms with E-state index in [9.17, 15) is 48.3 Å². The van der Waals surface area contributed by atoms with Crippen LogP contribution in [0, 0.1) is 10.8 Å². The van der Waals surface area contributed by atoms with E-state index in [-0.39, 0.29) is 76.9 Å². The molecule has 0 saturated carbocycles. The van der Waals surface area contributed by atoms with Crippen molar-refractivity contribution in [2.45, 2.75) is 100 Å². The number of hydrazine groups is 2. The summed E-state index contributed by atoms with van der Waals surface area (Å²) in [7, 11) is 0. The molecule has 3 fully saturated rings. The molecule has 6 atom stereocenters. The second-order valence-electron chi connectivity index (χ2n) is 18.6. The Kier molecular flexibility index (Phi) is 22.4. The quantitative estimate of drug-likeness (QED) is 0.0119. The Bertz CT molecular complexity index is 2380. The number of nitrogens with two attached hydrogens (primary N) is 4. The Morgan fingerprint density at radius 3 is 1.68 bits per heavy atom. The molecule has 414 valence electrons. The fraction of sp³-hybridized carbons (Fsp3) is 0.521. The Balaban J connectivity index is 1.20. The van der Waals surface area contributed by atoms with Crippen LogP contribution in [0.2, 0.25) is 0 Å². The number of nitrogens with zero attached hydrogens (tertiary/aromatic N) is 5. The van der Waals surface area contributed by atoms with Gasteiger partial charge in [0, 0.05) is 58.7 Å². The smallest absolute Gasteiger partial charge is 0.334 e. The van der Waals surface area contributed by atoms with Crippen LogP contribution in [-0.2, 0) is 46.4 Å². The fourth-order valence-corrected chi connectivity index (χ4v) is 9.25. The van der Waals surface area contributed by atoms with E-state index in [1.165, 1.54) is 14.7 Å². The highest BCUT2D eigenvalue weighted by Gasteiger charge is 2.44. The third-order valence-corrected chi connectivity index (χ3v) is 13.1. The highest BCUT2D eigenvalue weighted by Crippen LogP contribution is 2.26. The standard InChI is InChI=1S/C48H72N18O10/c49-45(50)55-19-10-24-65(54)48(76)64-23-9-18-37(64)44(74)63-22-7-16-35(63)41(71)57-28-38(68)58-32(26-30-12-3-1-4-13-30)39(69)60-34(29-67)43(73)62-21-8-17-36(62)42(72)59-33(27-31-14-5-2-6-15-31)40(70)61-66(47(53)75)25-11-20-56-46(51)52/h1-6,12-15,32-37,67H,7-11,16-29,54H2,(H2,53,75)(H,57,71)(H,58,68)(H,59,72)(H,60,69)(H,61,70)(H4,49,50,55)(H4,51,52,56)/t32?,33-,34-,35-,36-,37-/m0/s1. The monoisotopic (exact) mass is 1060 g/mol. The first-order valence-corrected chi connectivity index (χ1v) is 25.2. The SMILES string of the molecule is N=C(N)NCCCN(N)C(=O)N1CCC[C@H]1C(=O)N1CCC[C@H]1C(=O)NCC(=O)NC(Cc1ccccc1)C(=O)N[C@@H](CO)C(=O)N1CCC[C@H]1C(=O)N[C@@H](Cc1ccccc1)C(=O)NN(CCCNC(=N)N)C(N)=O. The van der Waals surface area contributed by atoms with Gasteiger partial charge < -0.3 is 68.9 Å². The third-order valence-electron chi connectivity index (χ3n) is 13.1. The summed E-state index contributed by atoms with van der Waals surface area (Å²) in [6, 6.07) is 8.67. The number of hydrogen-bond donors (Lipinski definition) is 14. The van der Waals surface area contributed by atoms with Crippen LogP contribution < -0.4 is 60.4 Å². The number of amides is 11. The molecule has 3 aliphatic rings. The Hall–Kier alpha value is -8.27. The molecule has 1 unspecified atom stereocenters. The van der Waals surface area contributed by atoms with Gasteiger partial charge in [0.2, 0.25) is 35.4 Å². The molecule has 18 N–H and O–H groups in total. The molecule has 3 heterocycles. The van der Waals surface area contributed by atoms with Gasteiger partial charge in [0.25, 0.3) is 5.91 Å². The predicted molar refractivity (Wildman–Crippen MR) is 275 cm³/mol. The summed E-state index contributed by atoms with van der Waals surface area (Å²) >= 11 is 0. The number of aliphatic hydroxyl groups excluding tert-OH is 1. The number of likely N-dealkylation sites (tertiary alicyclic amines) is 3. The fourth-order valence-electron chi connectivity index (χ4n) is 9.25. The van der Waals surface area contributed by atoms with E-state index >= 15 is 0 Å². The van der Waals surface area contributed by atoms with Gasteiger partial charge in [-0.3, -0.25) is 54.8 Å². The van der Waals surface area contributed by atoms with Crippen LogP contribution >= 0.6 is 0 Å². The van der Waals surface area contributed by atoms with Crippen LogP contribution in [-0.4, -0.2) is 190 Å². The normalized spacial score (nSPS) is 18.0. The van der Waals surface area contributed by atoms with Crippen molar-refractivity contribution < 1.29 is 48.3 Å². The number of benzene rings is 2. The molecule has 11 amide bonds. The molecule has 0 aromatic heterocycles. The number of carbonyl (C=O) groups is 9. The van der Waals surface area contributed by atoms with Gasteiger partial charge in [-0.05, 0) is 62.5 Å². The van der Waals surface area contributed by atoms with E-state index in [1.807, 2.05) is 0 Å². The second kappa shape index (κ2) is 29.0. The molecule has 28 nitrogen and oxygen atoms in total. The van der Waals surface area contributed by atoms with Crippen LogP contribution in [0.5, 0.6) is 0 Å². The molecular weight excluding hydrogens is 989 g/mol. The van der Waals surface area contributed by atoms with Gasteiger partial charge >= 0.3 is 12.1 Å². The van der Waals surface area contributed by atoms with E-state index in [2.05, 4.69) is 37.3 Å². The van der Waals surface area contributed by atoms with Crippen molar-refractivity contribution in [1.29, 1.82) is 10.8 Å². The average molecular weight is 1060 g/mol. The van der Waals surface area contributed by atoms with Crippen LogP contribution in [0.25, 0.3) is 0 Å². The number of nitrogens with one attached hydrogen (secondary N) is 9. The molecule has 2 aromatic carbocycles. The van der Waals surface area contributed by atoms with Crippen LogP contribution in [0.15, 0.2) is 60.7 Å². The van der Waals surface area contributed by atoms with Gasteiger partial charge in [-0.2, -0.15) is 0 Å². The molecule has 0 aliphatic carbocycles. The topological polar surface area (TPSA) is 426 Å². The third kappa shape index (κ3) is 17.1. The molecule has 0 bridgehead atoms. The molecule has 0 radical (unpaired) electrons. The maximum atomic E-state index is 14.1. The number of hydrogen-bond acceptors (Lipinski definition) is 13. The number of aliphatic hydroxyl groups is 1. The van der Waals surface area contributed by atoms with E-state index in [0.29, 0.717) is 56.2 Å². The highest BCUT2D eigenvalue weighted by molar-refractivity contribution is 5.97. The van der Waals surface area contributed by atoms with Crippen LogP contribution in [0.3, 0.4) is 0 Å². The minimum atomic E-state index is -1.58. The molecule has 28 heteroatoms. The van der Waals surface area contributed by atoms with Gasteiger partial charge in [0.05, 0.1) is 13.2 Å². The number of primary amides is 1. The lowest BCUT2D eigenvalue weighted by Gasteiger charge is -2.32. The first-order chi connectivity index (χ1) is 36.4. The summed E-state index contributed by atoms with van der Waals surface area (Å²) in [5.41, 5.74) is 19.9. The Morgan fingerprint density at radius 2 is 1.13 bits per heavy atom. The number of rotatable bonds is 24. The van der Waals surface area contributed by atoms with E-state index < -0.39 is 103 Å². The van der Waals surface area contributed by atoms with Gasteiger partial charge in [-0.15, -0.1) is 0 Å². The zero-order valence-electron chi connectivity index (χ0n) is 42.3. The minimum Gasteiger partial charge on any atom is -0.394 e. The Morgan fingerprint density at radius 1 is 0.618 bits per heavy atom. The van der Waals surface area contributed by atoms with E-state index in [4.69, 9.17) is 33.9 Å². The van der Waals surface area contributed by atoms with Gasteiger partial charge in [0.1, 0.15) is 36.3 Å².